The lowest BCUT2D eigenvalue weighted by molar-refractivity contribution is 0.0383. The minimum atomic E-state index is -0.752. The van der Waals surface area contributed by atoms with Crippen molar-refractivity contribution in [3.63, 3.8) is 0 Å². The van der Waals surface area contributed by atoms with Crippen molar-refractivity contribution in [3.05, 3.63) is 46.2 Å². The van der Waals surface area contributed by atoms with E-state index in [0.717, 1.165) is 17.3 Å². The van der Waals surface area contributed by atoms with Gasteiger partial charge in [-0.1, -0.05) is 32.0 Å². The molecule has 1 atom stereocenters. The van der Waals surface area contributed by atoms with Gasteiger partial charge in [0, 0.05) is 24.2 Å². The maximum atomic E-state index is 12.0. The van der Waals surface area contributed by atoms with Crippen LogP contribution < -0.4 is 10.9 Å². The largest absolute Gasteiger partial charge is 0.389 e. The molecule has 1 heterocycles. The van der Waals surface area contributed by atoms with Gasteiger partial charge in [-0.3, -0.25) is 4.79 Å². The normalized spacial score (nSPS) is 14.5. The van der Waals surface area contributed by atoms with Gasteiger partial charge in [0.25, 0.3) is 5.56 Å². The molecule has 1 aromatic heterocycles. The number of hydrogen-bond acceptors (Lipinski definition) is 3. The van der Waals surface area contributed by atoms with Gasteiger partial charge in [0.05, 0.1) is 5.60 Å². The van der Waals surface area contributed by atoms with Crippen LogP contribution in [0.1, 0.15) is 32.8 Å². The Labute approximate surface area is 125 Å². The Balaban J connectivity index is 2.04. The minimum absolute atomic E-state index is 0.0790. The zero-order valence-electron chi connectivity index (χ0n) is 12.9. The Bertz CT molecular complexity index is 659. The molecule has 4 nitrogen and oxygen atoms in total. The summed E-state index contributed by atoms with van der Waals surface area (Å²) in [6.07, 6.45) is 0.730. The fourth-order valence-corrected chi connectivity index (χ4v) is 2.74. The predicted octanol–water partition coefficient (Wildman–Crippen LogP) is 2.41. The van der Waals surface area contributed by atoms with E-state index in [4.69, 9.17) is 0 Å². The molecule has 0 fully saturated rings. The molecule has 0 aliphatic heterocycles. The van der Waals surface area contributed by atoms with E-state index in [9.17, 15) is 9.90 Å². The molecule has 2 rings (SSSR count). The van der Waals surface area contributed by atoms with Gasteiger partial charge in [-0.2, -0.15) is 0 Å². The van der Waals surface area contributed by atoms with Gasteiger partial charge < -0.3 is 15.4 Å². The Morgan fingerprint density at radius 1 is 1.33 bits per heavy atom. The van der Waals surface area contributed by atoms with E-state index >= 15 is 0 Å². The highest BCUT2D eigenvalue weighted by molar-refractivity contribution is 5.78. The molecule has 0 aliphatic rings. The molecule has 1 unspecified atom stereocenters. The molecule has 0 saturated carbocycles. The zero-order valence-corrected chi connectivity index (χ0v) is 12.9. The third-order valence-electron chi connectivity index (χ3n) is 3.50. The molecule has 1 aromatic carbocycles. The van der Waals surface area contributed by atoms with E-state index < -0.39 is 5.60 Å². The molecule has 114 valence electrons. The predicted molar refractivity (Wildman–Crippen MR) is 86.4 cm³/mol. The van der Waals surface area contributed by atoms with Crippen LogP contribution in [0.25, 0.3) is 10.9 Å². The number of H-pyrrole nitrogens is 1. The third kappa shape index (κ3) is 4.41. The minimum Gasteiger partial charge on any atom is -0.389 e. The van der Waals surface area contributed by atoms with Gasteiger partial charge in [-0.05, 0) is 36.8 Å². The highest BCUT2D eigenvalue weighted by Gasteiger charge is 2.21. The summed E-state index contributed by atoms with van der Waals surface area (Å²) in [6, 6.07) is 9.62. The monoisotopic (exact) mass is 288 g/mol. The van der Waals surface area contributed by atoms with E-state index in [-0.39, 0.29) is 5.56 Å². The number of pyridine rings is 1. The van der Waals surface area contributed by atoms with Crippen molar-refractivity contribution in [3.8, 4) is 0 Å². The lowest BCUT2D eigenvalue weighted by atomic mass is 9.94. The van der Waals surface area contributed by atoms with Crippen LogP contribution in [0, 0.1) is 5.92 Å². The van der Waals surface area contributed by atoms with Crippen molar-refractivity contribution >= 4 is 10.9 Å². The summed E-state index contributed by atoms with van der Waals surface area (Å²) in [5.74, 6) is 0.436. The fraction of sp³-hybridized carbons (Fsp3) is 0.471. The molecule has 0 radical (unpaired) electrons. The maximum Gasteiger partial charge on any atom is 0.252 e. The summed E-state index contributed by atoms with van der Waals surface area (Å²) < 4.78 is 0. The average molecular weight is 288 g/mol. The lowest BCUT2D eigenvalue weighted by Gasteiger charge is -2.25. The number of benzene rings is 1. The molecule has 4 heteroatoms. The van der Waals surface area contributed by atoms with Crippen LogP contribution in [0.2, 0.25) is 0 Å². The van der Waals surface area contributed by atoms with E-state index in [1.807, 2.05) is 37.3 Å². The van der Waals surface area contributed by atoms with E-state index in [0.29, 0.717) is 24.6 Å². The molecule has 0 bridgehead atoms. The second-order valence-electron chi connectivity index (χ2n) is 6.41. The van der Waals surface area contributed by atoms with Crippen molar-refractivity contribution in [2.45, 2.75) is 39.3 Å². The van der Waals surface area contributed by atoms with Crippen molar-refractivity contribution in [2.24, 2.45) is 5.92 Å². The van der Waals surface area contributed by atoms with Gasteiger partial charge in [0.15, 0.2) is 0 Å². The molecule has 0 amide bonds. The number of rotatable bonds is 6. The number of fused-ring (bicyclic) bond motifs is 1. The van der Waals surface area contributed by atoms with Gasteiger partial charge in [-0.15, -0.1) is 0 Å². The first-order valence-corrected chi connectivity index (χ1v) is 7.41. The first kappa shape index (κ1) is 15.7. The first-order chi connectivity index (χ1) is 9.87. The van der Waals surface area contributed by atoms with Crippen molar-refractivity contribution in [1.29, 1.82) is 0 Å². The Morgan fingerprint density at radius 3 is 2.76 bits per heavy atom. The maximum absolute atomic E-state index is 12.0. The fourth-order valence-electron chi connectivity index (χ4n) is 2.74. The highest BCUT2D eigenvalue weighted by atomic mass is 16.3. The number of hydrogen-bond donors (Lipinski definition) is 3. The summed E-state index contributed by atoms with van der Waals surface area (Å²) in [6.45, 7) is 6.92. The molecule has 0 saturated heterocycles. The molecule has 0 spiro atoms. The van der Waals surface area contributed by atoms with Gasteiger partial charge >= 0.3 is 0 Å². The van der Waals surface area contributed by atoms with Gasteiger partial charge in [-0.25, -0.2) is 0 Å². The molecule has 2 aromatic rings. The quantitative estimate of drug-likeness (QED) is 0.765. The number of para-hydroxylation sites is 1. The van der Waals surface area contributed by atoms with Crippen LogP contribution in [0.4, 0.5) is 0 Å². The summed E-state index contributed by atoms with van der Waals surface area (Å²) in [4.78, 5) is 14.9. The topological polar surface area (TPSA) is 65.1 Å². The zero-order chi connectivity index (χ0) is 15.5. The van der Waals surface area contributed by atoms with E-state index in [2.05, 4.69) is 24.1 Å². The van der Waals surface area contributed by atoms with E-state index in [1.54, 1.807) is 0 Å². The number of aromatic nitrogens is 1. The molecule has 0 aliphatic carbocycles. The van der Waals surface area contributed by atoms with Crippen LogP contribution in [0.15, 0.2) is 35.1 Å². The van der Waals surface area contributed by atoms with Crippen LogP contribution in [-0.4, -0.2) is 22.2 Å². The smallest absolute Gasteiger partial charge is 0.252 e. The number of nitrogens with one attached hydrogen (secondary N) is 2. The van der Waals surface area contributed by atoms with Crippen molar-refractivity contribution < 1.29 is 5.11 Å². The summed E-state index contributed by atoms with van der Waals surface area (Å²) in [7, 11) is 0. The first-order valence-electron chi connectivity index (χ1n) is 7.41. The highest BCUT2D eigenvalue weighted by Crippen LogP contribution is 2.15. The number of aliphatic hydroxyl groups is 1. The average Bonchev–Trinajstić information content (AvgIpc) is 2.37. The third-order valence-corrected chi connectivity index (χ3v) is 3.50. The SMILES string of the molecule is CC(C)CC(C)(O)CNCc1cc2ccccc2[nH]c1=O. The van der Waals surface area contributed by atoms with Crippen molar-refractivity contribution in [1.82, 2.24) is 10.3 Å². The van der Waals surface area contributed by atoms with Gasteiger partial charge in [0.2, 0.25) is 0 Å². The van der Waals surface area contributed by atoms with Crippen LogP contribution >= 0.6 is 0 Å². The Hall–Kier alpha value is -1.65. The molecule has 3 N–H and O–H groups in total. The molecule has 21 heavy (non-hydrogen) atoms. The Kier molecular flexibility index (Phi) is 4.80. The van der Waals surface area contributed by atoms with Crippen LogP contribution in [0.3, 0.4) is 0 Å². The summed E-state index contributed by atoms with van der Waals surface area (Å²) >= 11 is 0. The van der Waals surface area contributed by atoms with Crippen LogP contribution in [0.5, 0.6) is 0 Å². The second-order valence-corrected chi connectivity index (χ2v) is 6.41. The standard InChI is InChI=1S/C17H24N2O2/c1-12(2)9-17(3,21)11-18-10-14-8-13-6-4-5-7-15(13)19-16(14)20/h4-8,12,18,21H,9-11H2,1-3H3,(H,19,20). The molecular weight excluding hydrogens is 264 g/mol. The lowest BCUT2D eigenvalue weighted by Crippen LogP contribution is -2.39. The van der Waals surface area contributed by atoms with Gasteiger partial charge in [0.1, 0.15) is 0 Å². The molecular formula is C17H24N2O2. The van der Waals surface area contributed by atoms with Crippen LogP contribution in [-0.2, 0) is 6.54 Å². The van der Waals surface area contributed by atoms with Crippen molar-refractivity contribution in [2.75, 3.05) is 6.54 Å². The summed E-state index contributed by atoms with van der Waals surface area (Å²) in [5.41, 5.74) is 0.703. The second kappa shape index (κ2) is 6.41. The Morgan fingerprint density at radius 2 is 2.05 bits per heavy atom. The van der Waals surface area contributed by atoms with E-state index in [1.165, 1.54) is 0 Å². The number of aromatic amines is 1. The summed E-state index contributed by atoms with van der Waals surface area (Å²) in [5, 5.41) is 14.5.